The van der Waals surface area contributed by atoms with Crippen LogP contribution in [0.15, 0.2) is 6.07 Å². The summed E-state index contributed by atoms with van der Waals surface area (Å²) in [6, 6.07) is 2.16. The second kappa shape index (κ2) is 5.95. The molecule has 0 saturated heterocycles. The lowest BCUT2D eigenvalue weighted by Gasteiger charge is -2.19. The van der Waals surface area contributed by atoms with Crippen LogP contribution in [0.5, 0.6) is 0 Å². The van der Waals surface area contributed by atoms with E-state index >= 15 is 0 Å². The van der Waals surface area contributed by atoms with Crippen molar-refractivity contribution in [3.8, 4) is 0 Å². The van der Waals surface area contributed by atoms with Gasteiger partial charge < -0.3 is 10.6 Å². The van der Waals surface area contributed by atoms with Crippen molar-refractivity contribution in [2.24, 2.45) is 5.41 Å². The summed E-state index contributed by atoms with van der Waals surface area (Å²) in [5.74, 6) is 1.66. The maximum absolute atomic E-state index is 4.63. The number of hydrogen-bond donors (Lipinski definition) is 2. The molecule has 2 N–H and O–H groups in total. The first-order valence-corrected chi connectivity index (χ1v) is 7.96. The molecule has 20 heavy (non-hydrogen) atoms. The maximum Gasteiger partial charge on any atom is 0.226 e. The van der Waals surface area contributed by atoms with Crippen LogP contribution in [-0.4, -0.2) is 23.1 Å². The summed E-state index contributed by atoms with van der Waals surface area (Å²) in [5, 5.41) is 7.87. The van der Waals surface area contributed by atoms with Crippen LogP contribution in [0.1, 0.15) is 39.0 Å². The minimum absolute atomic E-state index is 0.222. The molecule has 110 valence electrons. The summed E-state index contributed by atoms with van der Waals surface area (Å²) in [6.45, 7) is 12.7. The number of nitrogens with one attached hydrogen (secondary N) is 2. The second-order valence-electron chi connectivity index (χ2n) is 6.31. The lowest BCUT2D eigenvalue weighted by molar-refractivity contribution is 0.442. The highest BCUT2D eigenvalue weighted by Gasteiger charge is 2.14. The molecule has 2 aromatic heterocycles. The third-order valence-corrected chi connectivity index (χ3v) is 3.78. The van der Waals surface area contributed by atoms with Crippen LogP contribution in [0.4, 0.5) is 11.8 Å². The van der Waals surface area contributed by atoms with Gasteiger partial charge in [0.2, 0.25) is 5.95 Å². The van der Waals surface area contributed by atoms with E-state index in [1.807, 2.05) is 0 Å². The van der Waals surface area contributed by atoms with Crippen molar-refractivity contribution < 1.29 is 0 Å². The van der Waals surface area contributed by atoms with Gasteiger partial charge in [-0.15, -0.1) is 11.3 Å². The third-order valence-electron chi connectivity index (χ3n) is 2.84. The standard InChI is InChI=1S/C15H24N4S/c1-6-7-16-14-18-12(17-9-15(3,4)5)11-8-10(2)20-13(11)19-14/h8H,6-7,9H2,1-5H3,(H2,16,17,18,19). The molecular formula is C15H24N4S. The Morgan fingerprint density at radius 2 is 1.95 bits per heavy atom. The van der Waals surface area contributed by atoms with E-state index in [9.17, 15) is 0 Å². The van der Waals surface area contributed by atoms with E-state index in [1.165, 1.54) is 4.88 Å². The van der Waals surface area contributed by atoms with E-state index in [0.717, 1.165) is 41.5 Å². The number of nitrogens with zero attached hydrogens (tertiary/aromatic N) is 2. The van der Waals surface area contributed by atoms with Crippen LogP contribution in [0.25, 0.3) is 10.2 Å². The predicted molar refractivity (Wildman–Crippen MR) is 88.9 cm³/mol. The van der Waals surface area contributed by atoms with Crippen molar-refractivity contribution in [3.63, 3.8) is 0 Å². The first kappa shape index (κ1) is 15.0. The number of anilines is 2. The summed E-state index contributed by atoms with van der Waals surface area (Å²) >= 11 is 1.72. The predicted octanol–water partition coefficient (Wildman–Crippen LogP) is 4.28. The monoisotopic (exact) mass is 292 g/mol. The van der Waals surface area contributed by atoms with Gasteiger partial charge in [0.25, 0.3) is 0 Å². The molecule has 0 aliphatic rings. The number of aryl methyl sites for hydroxylation is 1. The zero-order valence-electron chi connectivity index (χ0n) is 13.0. The highest BCUT2D eigenvalue weighted by Crippen LogP contribution is 2.30. The minimum Gasteiger partial charge on any atom is -0.369 e. The molecule has 0 unspecified atom stereocenters. The molecule has 2 heterocycles. The quantitative estimate of drug-likeness (QED) is 0.863. The Bertz CT molecular complexity index is 583. The average Bonchev–Trinajstić information content (AvgIpc) is 2.72. The molecule has 0 aliphatic carbocycles. The largest absolute Gasteiger partial charge is 0.369 e. The molecule has 5 heteroatoms. The van der Waals surface area contributed by atoms with Crippen molar-refractivity contribution in [2.75, 3.05) is 23.7 Å². The summed E-state index contributed by atoms with van der Waals surface area (Å²) in [7, 11) is 0. The van der Waals surface area contributed by atoms with Gasteiger partial charge in [-0.2, -0.15) is 4.98 Å². The van der Waals surface area contributed by atoms with E-state index in [1.54, 1.807) is 11.3 Å². The summed E-state index contributed by atoms with van der Waals surface area (Å²) in [4.78, 5) is 11.5. The molecule has 0 radical (unpaired) electrons. The van der Waals surface area contributed by atoms with Crippen molar-refractivity contribution in [1.29, 1.82) is 0 Å². The minimum atomic E-state index is 0.222. The van der Waals surface area contributed by atoms with Crippen LogP contribution in [0.2, 0.25) is 0 Å². The smallest absolute Gasteiger partial charge is 0.226 e. The number of thiophene rings is 1. The Morgan fingerprint density at radius 1 is 1.20 bits per heavy atom. The van der Waals surface area contributed by atoms with Crippen molar-refractivity contribution in [1.82, 2.24) is 9.97 Å². The Kier molecular flexibility index (Phi) is 4.48. The second-order valence-corrected chi connectivity index (χ2v) is 7.55. The van der Waals surface area contributed by atoms with Crippen molar-refractivity contribution in [2.45, 2.75) is 41.0 Å². The SMILES string of the molecule is CCCNc1nc(NCC(C)(C)C)c2cc(C)sc2n1. The molecule has 4 nitrogen and oxygen atoms in total. The Balaban J connectivity index is 2.33. The molecule has 0 atom stereocenters. The van der Waals surface area contributed by atoms with Crippen LogP contribution in [0, 0.1) is 12.3 Å². The van der Waals surface area contributed by atoms with Gasteiger partial charge >= 0.3 is 0 Å². The zero-order valence-corrected chi connectivity index (χ0v) is 13.8. The number of fused-ring (bicyclic) bond motifs is 1. The van der Waals surface area contributed by atoms with Crippen LogP contribution >= 0.6 is 11.3 Å². The molecule has 2 rings (SSSR count). The van der Waals surface area contributed by atoms with Gasteiger partial charge in [0.05, 0.1) is 5.39 Å². The zero-order chi connectivity index (χ0) is 14.8. The summed E-state index contributed by atoms with van der Waals surface area (Å²) < 4.78 is 0. The molecule has 0 bridgehead atoms. The molecule has 0 amide bonds. The highest BCUT2D eigenvalue weighted by atomic mass is 32.1. The molecule has 0 spiro atoms. The van der Waals surface area contributed by atoms with E-state index in [4.69, 9.17) is 0 Å². The number of rotatable bonds is 5. The van der Waals surface area contributed by atoms with Gasteiger partial charge in [-0.25, -0.2) is 4.98 Å². The fourth-order valence-electron chi connectivity index (χ4n) is 1.84. The fourth-order valence-corrected chi connectivity index (χ4v) is 2.72. The van der Waals surface area contributed by atoms with Crippen LogP contribution in [-0.2, 0) is 0 Å². The van der Waals surface area contributed by atoms with Gasteiger partial charge in [-0.05, 0) is 24.8 Å². The first-order valence-electron chi connectivity index (χ1n) is 7.15. The Morgan fingerprint density at radius 3 is 2.60 bits per heavy atom. The topological polar surface area (TPSA) is 49.8 Å². The van der Waals surface area contributed by atoms with Crippen molar-refractivity contribution in [3.05, 3.63) is 10.9 Å². The summed E-state index contributed by atoms with van der Waals surface area (Å²) in [6.07, 6.45) is 1.07. The van der Waals surface area contributed by atoms with Crippen LogP contribution < -0.4 is 10.6 Å². The van der Waals surface area contributed by atoms with Crippen molar-refractivity contribution >= 4 is 33.3 Å². The summed E-state index contributed by atoms with van der Waals surface area (Å²) in [5.41, 5.74) is 0.222. The van der Waals surface area contributed by atoms with Crippen LogP contribution in [0.3, 0.4) is 0 Å². The first-order chi connectivity index (χ1) is 9.39. The van der Waals surface area contributed by atoms with E-state index in [2.05, 4.69) is 61.3 Å². The normalized spacial score (nSPS) is 11.8. The average molecular weight is 292 g/mol. The van der Waals surface area contributed by atoms with Gasteiger partial charge in [-0.3, -0.25) is 0 Å². The fraction of sp³-hybridized carbons (Fsp3) is 0.600. The van der Waals surface area contributed by atoms with E-state index in [0.29, 0.717) is 0 Å². The van der Waals surface area contributed by atoms with Gasteiger partial charge in [-0.1, -0.05) is 27.7 Å². The molecular weight excluding hydrogens is 268 g/mol. The third kappa shape index (κ3) is 3.82. The maximum atomic E-state index is 4.63. The van der Waals surface area contributed by atoms with Gasteiger partial charge in [0.15, 0.2) is 0 Å². The molecule has 0 aromatic carbocycles. The van der Waals surface area contributed by atoms with E-state index in [-0.39, 0.29) is 5.41 Å². The molecule has 2 aromatic rings. The lowest BCUT2D eigenvalue weighted by Crippen LogP contribution is -2.20. The lowest BCUT2D eigenvalue weighted by atomic mass is 9.97. The Labute approximate surface area is 125 Å². The Hall–Kier alpha value is -1.36. The molecule has 0 aliphatic heterocycles. The van der Waals surface area contributed by atoms with Gasteiger partial charge in [0, 0.05) is 18.0 Å². The van der Waals surface area contributed by atoms with Gasteiger partial charge in [0.1, 0.15) is 10.6 Å². The molecule has 0 saturated carbocycles. The number of hydrogen-bond acceptors (Lipinski definition) is 5. The highest BCUT2D eigenvalue weighted by molar-refractivity contribution is 7.18. The van der Waals surface area contributed by atoms with E-state index < -0.39 is 0 Å². The molecule has 0 fully saturated rings. The number of aromatic nitrogens is 2.